The van der Waals surface area contributed by atoms with Crippen LogP contribution in [0, 0.1) is 0 Å². The number of amides is 2. The summed E-state index contributed by atoms with van der Waals surface area (Å²) < 4.78 is 5.21. The van der Waals surface area contributed by atoms with Crippen molar-refractivity contribution in [3.63, 3.8) is 0 Å². The Labute approximate surface area is 121 Å². The zero-order chi connectivity index (χ0) is 15.2. The average molecular weight is 285 g/mol. The second kappa shape index (κ2) is 7.59. The summed E-state index contributed by atoms with van der Waals surface area (Å²) in [6.45, 7) is 8.99. The van der Waals surface area contributed by atoms with Gasteiger partial charge in [0.05, 0.1) is 26.3 Å². The number of likely N-dealkylation sites (N-methyl/N-ethyl adjacent to an activating group) is 1. The van der Waals surface area contributed by atoms with E-state index in [4.69, 9.17) is 4.74 Å². The minimum atomic E-state index is -0.202. The van der Waals surface area contributed by atoms with Crippen LogP contribution in [0.5, 0.6) is 0 Å². The van der Waals surface area contributed by atoms with Crippen molar-refractivity contribution in [2.45, 2.75) is 32.7 Å². The molecule has 6 heteroatoms. The molecule has 0 saturated carbocycles. The van der Waals surface area contributed by atoms with Crippen molar-refractivity contribution in [1.29, 1.82) is 0 Å². The molecule has 0 unspecified atom stereocenters. The van der Waals surface area contributed by atoms with Crippen LogP contribution < -0.4 is 5.32 Å². The second-order valence-corrected chi connectivity index (χ2v) is 5.95. The SMILES string of the molecule is CCC(C)(C)NC(=O)CN(C)CC(=O)N1CCOCC1. The smallest absolute Gasteiger partial charge is 0.236 e. The Morgan fingerprint density at radius 1 is 1.25 bits per heavy atom. The molecule has 0 radical (unpaired) electrons. The fourth-order valence-electron chi connectivity index (χ4n) is 1.95. The minimum Gasteiger partial charge on any atom is -0.378 e. The van der Waals surface area contributed by atoms with E-state index in [9.17, 15) is 9.59 Å². The Morgan fingerprint density at radius 2 is 1.85 bits per heavy atom. The summed E-state index contributed by atoms with van der Waals surface area (Å²) in [6.07, 6.45) is 0.870. The monoisotopic (exact) mass is 285 g/mol. The Bertz CT molecular complexity index is 339. The van der Waals surface area contributed by atoms with Gasteiger partial charge in [0.15, 0.2) is 0 Å². The summed E-state index contributed by atoms with van der Waals surface area (Å²) in [5.41, 5.74) is -0.202. The molecule has 116 valence electrons. The Kier molecular flexibility index (Phi) is 6.42. The average Bonchev–Trinajstić information content (AvgIpc) is 2.38. The maximum atomic E-state index is 12.0. The van der Waals surface area contributed by atoms with Crippen LogP contribution >= 0.6 is 0 Å². The molecule has 0 bridgehead atoms. The first-order valence-corrected chi connectivity index (χ1v) is 7.19. The number of hydrogen-bond donors (Lipinski definition) is 1. The Morgan fingerprint density at radius 3 is 2.40 bits per heavy atom. The molecule has 1 aliphatic heterocycles. The van der Waals surface area contributed by atoms with Crippen molar-refractivity contribution < 1.29 is 14.3 Å². The number of carbonyl (C=O) groups excluding carboxylic acids is 2. The zero-order valence-electron chi connectivity index (χ0n) is 13.1. The number of nitrogens with zero attached hydrogens (tertiary/aromatic N) is 2. The van der Waals surface area contributed by atoms with Crippen LogP contribution in [0.15, 0.2) is 0 Å². The van der Waals surface area contributed by atoms with Gasteiger partial charge in [-0.2, -0.15) is 0 Å². The van der Waals surface area contributed by atoms with Gasteiger partial charge in [0.1, 0.15) is 0 Å². The third-order valence-electron chi connectivity index (χ3n) is 3.54. The number of carbonyl (C=O) groups is 2. The lowest BCUT2D eigenvalue weighted by Crippen LogP contribution is -2.49. The maximum absolute atomic E-state index is 12.0. The quantitative estimate of drug-likeness (QED) is 0.751. The van der Waals surface area contributed by atoms with Crippen LogP contribution in [0.25, 0.3) is 0 Å². The van der Waals surface area contributed by atoms with E-state index in [2.05, 4.69) is 5.32 Å². The molecule has 6 nitrogen and oxygen atoms in total. The highest BCUT2D eigenvalue weighted by atomic mass is 16.5. The fourth-order valence-corrected chi connectivity index (χ4v) is 1.95. The molecule has 1 rings (SSSR count). The predicted molar refractivity (Wildman–Crippen MR) is 77.4 cm³/mol. The molecule has 1 saturated heterocycles. The molecule has 20 heavy (non-hydrogen) atoms. The molecule has 0 aromatic carbocycles. The van der Waals surface area contributed by atoms with Crippen molar-refractivity contribution in [2.75, 3.05) is 46.4 Å². The van der Waals surface area contributed by atoms with E-state index in [0.717, 1.165) is 6.42 Å². The highest BCUT2D eigenvalue weighted by Gasteiger charge is 2.21. The first kappa shape index (κ1) is 16.9. The fraction of sp³-hybridized carbons (Fsp3) is 0.857. The molecular weight excluding hydrogens is 258 g/mol. The minimum absolute atomic E-state index is 0.0471. The highest BCUT2D eigenvalue weighted by molar-refractivity contribution is 5.81. The van der Waals surface area contributed by atoms with Gasteiger partial charge in [-0.3, -0.25) is 14.5 Å². The van der Waals surface area contributed by atoms with Gasteiger partial charge >= 0.3 is 0 Å². The number of nitrogens with one attached hydrogen (secondary N) is 1. The first-order valence-electron chi connectivity index (χ1n) is 7.19. The standard InChI is InChI=1S/C14H27N3O3/c1-5-14(2,3)15-12(18)10-16(4)11-13(19)17-6-8-20-9-7-17/h5-11H2,1-4H3,(H,15,18). The molecule has 0 spiro atoms. The van der Waals surface area contributed by atoms with Crippen molar-refractivity contribution in [3.8, 4) is 0 Å². The first-order chi connectivity index (χ1) is 9.34. The normalized spacial score (nSPS) is 16.4. The summed E-state index contributed by atoms with van der Waals surface area (Å²) in [7, 11) is 1.79. The van der Waals surface area contributed by atoms with Gasteiger partial charge in [0, 0.05) is 18.6 Å². The van der Waals surface area contributed by atoms with Crippen LogP contribution in [0.2, 0.25) is 0 Å². The Balaban J connectivity index is 2.33. The second-order valence-electron chi connectivity index (χ2n) is 5.95. The summed E-state index contributed by atoms with van der Waals surface area (Å²) in [6, 6.07) is 0. The molecule has 1 aliphatic rings. The summed E-state index contributed by atoms with van der Waals surface area (Å²) in [4.78, 5) is 27.5. The summed E-state index contributed by atoms with van der Waals surface area (Å²) in [5, 5.41) is 2.96. The number of rotatable bonds is 6. The van der Waals surface area contributed by atoms with Crippen molar-refractivity contribution in [2.24, 2.45) is 0 Å². The van der Waals surface area contributed by atoms with E-state index in [-0.39, 0.29) is 30.4 Å². The van der Waals surface area contributed by atoms with E-state index in [1.54, 1.807) is 16.8 Å². The predicted octanol–water partition coefficient (Wildman–Crippen LogP) is 0.0818. The van der Waals surface area contributed by atoms with Crippen LogP contribution in [0.3, 0.4) is 0 Å². The van der Waals surface area contributed by atoms with Gasteiger partial charge in [-0.1, -0.05) is 6.92 Å². The third-order valence-corrected chi connectivity index (χ3v) is 3.54. The van der Waals surface area contributed by atoms with Gasteiger partial charge in [-0.05, 0) is 27.3 Å². The molecule has 0 aliphatic carbocycles. The molecule has 1 heterocycles. The van der Waals surface area contributed by atoms with Crippen molar-refractivity contribution in [1.82, 2.24) is 15.1 Å². The lowest BCUT2D eigenvalue weighted by atomic mass is 10.0. The topological polar surface area (TPSA) is 61.9 Å². The van der Waals surface area contributed by atoms with E-state index in [1.165, 1.54) is 0 Å². The number of hydrogen-bond acceptors (Lipinski definition) is 4. The molecule has 0 aromatic rings. The van der Waals surface area contributed by atoms with Crippen LogP contribution in [-0.4, -0.2) is 73.6 Å². The van der Waals surface area contributed by atoms with Gasteiger partial charge < -0.3 is 15.0 Å². The third kappa shape index (κ3) is 5.88. The Hall–Kier alpha value is -1.14. The van der Waals surface area contributed by atoms with E-state index >= 15 is 0 Å². The largest absolute Gasteiger partial charge is 0.378 e. The van der Waals surface area contributed by atoms with E-state index < -0.39 is 0 Å². The number of morpholine rings is 1. The lowest BCUT2D eigenvalue weighted by Gasteiger charge is -2.29. The molecule has 0 atom stereocenters. The van der Waals surface area contributed by atoms with Gasteiger partial charge in [-0.15, -0.1) is 0 Å². The van der Waals surface area contributed by atoms with Crippen LogP contribution in [-0.2, 0) is 14.3 Å². The van der Waals surface area contributed by atoms with E-state index in [1.807, 2.05) is 20.8 Å². The molecule has 0 aromatic heterocycles. The maximum Gasteiger partial charge on any atom is 0.236 e. The van der Waals surface area contributed by atoms with E-state index in [0.29, 0.717) is 26.3 Å². The zero-order valence-corrected chi connectivity index (χ0v) is 13.1. The van der Waals surface area contributed by atoms with Crippen molar-refractivity contribution in [3.05, 3.63) is 0 Å². The lowest BCUT2D eigenvalue weighted by molar-refractivity contribution is -0.136. The van der Waals surface area contributed by atoms with Gasteiger partial charge in [0.2, 0.25) is 11.8 Å². The summed E-state index contributed by atoms with van der Waals surface area (Å²) in [5.74, 6) is 0.00693. The van der Waals surface area contributed by atoms with Gasteiger partial charge in [-0.25, -0.2) is 0 Å². The molecule has 2 amide bonds. The summed E-state index contributed by atoms with van der Waals surface area (Å²) >= 11 is 0. The molecule has 1 N–H and O–H groups in total. The van der Waals surface area contributed by atoms with Crippen LogP contribution in [0.1, 0.15) is 27.2 Å². The highest BCUT2D eigenvalue weighted by Crippen LogP contribution is 2.06. The van der Waals surface area contributed by atoms with Gasteiger partial charge in [0.25, 0.3) is 0 Å². The molecule has 1 fully saturated rings. The van der Waals surface area contributed by atoms with Crippen LogP contribution in [0.4, 0.5) is 0 Å². The van der Waals surface area contributed by atoms with Crippen molar-refractivity contribution >= 4 is 11.8 Å². The molecular formula is C14H27N3O3. The number of ether oxygens (including phenoxy) is 1.